The van der Waals surface area contributed by atoms with Crippen LogP contribution in [0, 0.1) is 0 Å². The number of halogens is 2. The van der Waals surface area contributed by atoms with Crippen molar-refractivity contribution >= 4 is 65.6 Å². The molecule has 2 heterocycles. The van der Waals surface area contributed by atoms with Crippen molar-refractivity contribution in [2.75, 3.05) is 36.8 Å². The molecular weight excluding hydrogens is 453 g/mol. The molecule has 6 nitrogen and oxygen atoms in total. The molecule has 1 aliphatic rings. The number of aromatic nitrogens is 1. The molecule has 1 saturated heterocycles. The highest BCUT2D eigenvalue weighted by molar-refractivity contribution is 7.92. The standard InChI is InChI=1S/C19H17Cl2N3O3S2/c20-13-4-6-14(7-5-13)29(26,27)12-17(25)23-8-10-24(11-9-23)19-22-18-15(21)2-1-3-16(18)28-19/h1-7H,8-12H2. The lowest BCUT2D eigenvalue weighted by Gasteiger charge is -2.34. The molecule has 0 unspecified atom stereocenters. The van der Waals surface area contributed by atoms with Gasteiger partial charge in [-0.15, -0.1) is 0 Å². The highest BCUT2D eigenvalue weighted by Crippen LogP contribution is 2.33. The smallest absolute Gasteiger partial charge is 0.238 e. The maximum Gasteiger partial charge on any atom is 0.238 e. The fourth-order valence-electron chi connectivity index (χ4n) is 3.16. The summed E-state index contributed by atoms with van der Waals surface area (Å²) in [5.74, 6) is -0.947. The Morgan fingerprint density at radius 3 is 2.38 bits per heavy atom. The maximum absolute atomic E-state index is 12.6. The first kappa shape index (κ1) is 20.4. The average molecular weight is 470 g/mol. The summed E-state index contributed by atoms with van der Waals surface area (Å²) in [6.07, 6.45) is 0. The molecule has 0 N–H and O–H groups in total. The van der Waals surface area contributed by atoms with E-state index in [1.807, 2.05) is 18.2 Å². The van der Waals surface area contributed by atoms with Crippen LogP contribution in [0.5, 0.6) is 0 Å². The van der Waals surface area contributed by atoms with Crippen LogP contribution < -0.4 is 4.90 Å². The maximum atomic E-state index is 12.6. The molecule has 1 fully saturated rings. The van der Waals surface area contributed by atoms with E-state index in [1.165, 1.54) is 24.3 Å². The third-order valence-corrected chi connectivity index (χ3v) is 8.00. The Morgan fingerprint density at radius 1 is 1.03 bits per heavy atom. The van der Waals surface area contributed by atoms with Crippen molar-refractivity contribution in [1.29, 1.82) is 0 Å². The van der Waals surface area contributed by atoms with Crippen LogP contribution in [-0.2, 0) is 14.6 Å². The second-order valence-corrected chi connectivity index (χ2v) is 10.5. The Balaban J connectivity index is 1.40. The van der Waals surface area contributed by atoms with E-state index in [4.69, 9.17) is 23.2 Å². The summed E-state index contributed by atoms with van der Waals surface area (Å²) >= 11 is 13.6. The van der Waals surface area contributed by atoms with Gasteiger partial charge in [-0.3, -0.25) is 4.79 Å². The molecule has 10 heteroatoms. The number of thiazole rings is 1. The molecule has 0 aliphatic carbocycles. The molecule has 1 aromatic heterocycles. The van der Waals surface area contributed by atoms with Crippen LogP contribution in [0.4, 0.5) is 5.13 Å². The molecular formula is C19H17Cl2N3O3S2. The predicted molar refractivity (Wildman–Crippen MR) is 117 cm³/mol. The molecule has 1 amide bonds. The summed E-state index contributed by atoms with van der Waals surface area (Å²) in [6.45, 7) is 2.06. The minimum Gasteiger partial charge on any atom is -0.345 e. The number of nitrogens with zero attached hydrogens (tertiary/aromatic N) is 3. The highest BCUT2D eigenvalue weighted by Gasteiger charge is 2.27. The molecule has 152 valence electrons. The van der Waals surface area contributed by atoms with Crippen LogP contribution in [0.25, 0.3) is 10.2 Å². The van der Waals surface area contributed by atoms with Crippen molar-refractivity contribution in [1.82, 2.24) is 9.88 Å². The Labute approximate surface area is 182 Å². The third kappa shape index (κ3) is 4.35. The molecule has 29 heavy (non-hydrogen) atoms. The number of hydrogen-bond donors (Lipinski definition) is 0. The average Bonchev–Trinajstić information content (AvgIpc) is 3.14. The van der Waals surface area contributed by atoms with Gasteiger partial charge in [-0.25, -0.2) is 13.4 Å². The second-order valence-electron chi connectivity index (χ2n) is 6.66. The zero-order chi connectivity index (χ0) is 20.6. The van der Waals surface area contributed by atoms with Crippen LogP contribution in [0.1, 0.15) is 0 Å². The normalized spacial score (nSPS) is 15.1. The summed E-state index contributed by atoms with van der Waals surface area (Å²) in [5.41, 5.74) is 0.779. The Bertz CT molecular complexity index is 1160. The lowest BCUT2D eigenvalue weighted by atomic mass is 10.3. The molecule has 3 aromatic rings. The van der Waals surface area contributed by atoms with E-state index in [1.54, 1.807) is 16.2 Å². The number of rotatable bonds is 4. The first-order chi connectivity index (χ1) is 13.8. The summed E-state index contributed by atoms with van der Waals surface area (Å²) in [7, 11) is -3.70. The number of hydrogen-bond acceptors (Lipinski definition) is 6. The lowest BCUT2D eigenvalue weighted by molar-refractivity contribution is -0.128. The number of para-hydroxylation sites is 1. The molecule has 0 spiro atoms. The van der Waals surface area contributed by atoms with E-state index >= 15 is 0 Å². The lowest BCUT2D eigenvalue weighted by Crippen LogP contribution is -2.50. The first-order valence-corrected chi connectivity index (χ1v) is 12.1. The number of anilines is 1. The van der Waals surface area contributed by atoms with E-state index in [0.29, 0.717) is 36.2 Å². The number of amides is 1. The number of sulfone groups is 1. The summed E-state index contributed by atoms with van der Waals surface area (Å²) in [5, 5.41) is 1.92. The SMILES string of the molecule is O=C(CS(=O)(=O)c1ccc(Cl)cc1)N1CCN(c2nc3c(Cl)cccc3s2)CC1. The molecule has 0 radical (unpaired) electrons. The quantitative estimate of drug-likeness (QED) is 0.581. The summed E-state index contributed by atoms with van der Waals surface area (Å²) in [4.78, 5) is 20.9. The van der Waals surface area contributed by atoms with Crippen LogP contribution in [0.15, 0.2) is 47.4 Å². The predicted octanol–water partition coefficient (Wildman–Crippen LogP) is 3.73. The van der Waals surface area contributed by atoms with Crippen molar-refractivity contribution in [3.05, 3.63) is 52.5 Å². The topological polar surface area (TPSA) is 70.6 Å². The van der Waals surface area contributed by atoms with E-state index in [2.05, 4.69) is 9.88 Å². The highest BCUT2D eigenvalue weighted by atomic mass is 35.5. The second kappa shape index (κ2) is 8.10. The van der Waals surface area contributed by atoms with Gasteiger partial charge in [-0.05, 0) is 36.4 Å². The van der Waals surface area contributed by atoms with Gasteiger partial charge >= 0.3 is 0 Å². The fraction of sp³-hybridized carbons (Fsp3) is 0.263. The van der Waals surface area contributed by atoms with Gasteiger partial charge in [0.1, 0.15) is 11.3 Å². The fourth-order valence-corrected chi connectivity index (χ4v) is 5.83. The van der Waals surface area contributed by atoms with E-state index in [9.17, 15) is 13.2 Å². The van der Waals surface area contributed by atoms with Gasteiger partial charge in [0.15, 0.2) is 15.0 Å². The van der Waals surface area contributed by atoms with Crippen LogP contribution in [0.2, 0.25) is 10.0 Å². The van der Waals surface area contributed by atoms with Gasteiger partial charge in [0.05, 0.1) is 14.6 Å². The zero-order valence-electron chi connectivity index (χ0n) is 15.2. The summed E-state index contributed by atoms with van der Waals surface area (Å²) < 4.78 is 26.0. The molecule has 0 bridgehead atoms. The van der Waals surface area contributed by atoms with E-state index < -0.39 is 21.5 Å². The number of fused-ring (bicyclic) bond motifs is 1. The van der Waals surface area contributed by atoms with Gasteiger partial charge in [0, 0.05) is 31.2 Å². The van der Waals surface area contributed by atoms with E-state index in [0.717, 1.165) is 15.3 Å². The van der Waals surface area contributed by atoms with Crippen molar-refractivity contribution in [2.24, 2.45) is 0 Å². The molecule has 0 atom stereocenters. The number of carbonyl (C=O) groups excluding carboxylic acids is 1. The van der Waals surface area contributed by atoms with Crippen LogP contribution >= 0.6 is 34.5 Å². The van der Waals surface area contributed by atoms with Crippen molar-refractivity contribution < 1.29 is 13.2 Å². The van der Waals surface area contributed by atoms with Gasteiger partial charge in [0.2, 0.25) is 5.91 Å². The number of carbonyl (C=O) groups is 1. The molecule has 2 aromatic carbocycles. The van der Waals surface area contributed by atoms with Gasteiger partial charge in [-0.2, -0.15) is 0 Å². The van der Waals surface area contributed by atoms with E-state index in [-0.39, 0.29) is 4.90 Å². The monoisotopic (exact) mass is 469 g/mol. The van der Waals surface area contributed by atoms with Crippen LogP contribution in [0.3, 0.4) is 0 Å². The van der Waals surface area contributed by atoms with Gasteiger partial charge in [0.25, 0.3) is 0 Å². The van der Waals surface area contributed by atoms with Crippen molar-refractivity contribution in [2.45, 2.75) is 4.90 Å². The van der Waals surface area contributed by atoms with Gasteiger partial charge in [-0.1, -0.05) is 40.6 Å². The van der Waals surface area contributed by atoms with Crippen LogP contribution in [-0.4, -0.2) is 56.1 Å². The number of piperazine rings is 1. The first-order valence-electron chi connectivity index (χ1n) is 8.89. The number of benzene rings is 2. The van der Waals surface area contributed by atoms with Gasteiger partial charge < -0.3 is 9.80 Å². The minimum atomic E-state index is -3.70. The molecule has 0 saturated carbocycles. The Morgan fingerprint density at radius 2 is 1.72 bits per heavy atom. The van der Waals surface area contributed by atoms with Crippen molar-refractivity contribution in [3.8, 4) is 0 Å². The third-order valence-electron chi connectivity index (χ3n) is 4.75. The largest absolute Gasteiger partial charge is 0.345 e. The zero-order valence-corrected chi connectivity index (χ0v) is 18.4. The Hall–Kier alpha value is -1.87. The molecule has 4 rings (SSSR count). The van der Waals surface area contributed by atoms with Crippen molar-refractivity contribution in [3.63, 3.8) is 0 Å². The molecule has 1 aliphatic heterocycles. The Kier molecular flexibility index (Phi) is 5.70. The summed E-state index contributed by atoms with van der Waals surface area (Å²) in [6, 6.07) is 11.5. The minimum absolute atomic E-state index is 0.0974.